The summed E-state index contributed by atoms with van der Waals surface area (Å²) in [7, 11) is -4.00. The minimum absolute atomic E-state index is 0. The number of sulfonamides is 1. The number of benzene rings is 2. The molecule has 9 heteroatoms. The molecule has 2 aromatic rings. The molecule has 2 rings (SSSR count). The van der Waals surface area contributed by atoms with Crippen molar-refractivity contribution in [3.63, 3.8) is 0 Å². The molecule has 0 spiro atoms. The molecule has 1 unspecified atom stereocenters. The second-order valence-electron chi connectivity index (χ2n) is 6.60. The van der Waals surface area contributed by atoms with E-state index in [4.69, 9.17) is 0 Å². The van der Waals surface area contributed by atoms with Crippen molar-refractivity contribution in [1.29, 1.82) is 0 Å². The van der Waals surface area contributed by atoms with Gasteiger partial charge in [0.2, 0.25) is 15.9 Å². The van der Waals surface area contributed by atoms with Crippen molar-refractivity contribution >= 4 is 31.9 Å². The van der Waals surface area contributed by atoms with E-state index in [1.54, 1.807) is 36.4 Å². The number of nitrogens with one attached hydrogen (secondary N) is 1. The summed E-state index contributed by atoms with van der Waals surface area (Å²) in [5.41, 5.74) is 2.09. The Morgan fingerprint density at radius 2 is 1.68 bits per heavy atom. The molecule has 0 saturated heterocycles. The van der Waals surface area contributed by atoms with E-state index in [1.165, 1.54) is 17.6 Å². The normalized spacial score (nSPS) is 12.5. The van der Waals surface area contributed by atoms with Gasteiger partial charge in [0.05, 0.1) is 4.90 Å². The summed E-state index contributed by atoms with van der Waals surface area (Å²) in [5.74, 6) is -0.842. The number of hydrogen-bond donors (Lipinski definition) is 1. The van der Waals surface area contributed by atoms with Crippen molar-refractivity contribution in [3.05, 3.63) is 69.8 Å². The second kappa shape index (κ2) is 11.4. The van der Waals surface area contributed by atoms with E-state index in [1.807, 2.05) is 19.9 Å². The number of carbonyl (C=O) groups is 1. The van der Waals surface area contributed by atoms with Crippen molar-refractivity contribution in [2.24, 2.45) is 5.92 Å². The molecular weight excluding hydrogens is 455 g/mol. The van der Waals surface area contributed by atoms with Crippen LogP contribution >= 0.6 is 15.9 Å². The zero-order valence-corrected chi connectivity index (χ0v) is 20.5. The Bertz CT molecular complexity index is 861. The summed E-state index contributed by atoms with van der Waals surface area (Å²) in [6.45, 7) is 3.74. The molecule has 6 nitrogen and oxygen atoms in total. The van der Waals surface area contributed by atoms with Crippen LogP contribution < -0.4 is 35.0 Å². The van der Waals surface area contributed by atoms with Crippen molar-refractivity contribution in [3.8, 4) is 0 Å². The van der Waals surface area contributed by atoms with Gasteiger partial charge in [0.25, 0.3) is 0 Å². The quantitative estimate of drug-likeness (QED) is 0.447. The van der Waals surface area contributed by atoms with Crippen LogP contribution in [-0.2, 0) is 21.4 Å². The summed E-state index contributed by atoms with van der Waals surface area (Å²) in [6.07, 6.45) is 0.233. The first-order valence-electron chi connectivity index (χ1n) is 8.49. The van der Waals surface area contributed by atoms with Crippen LogP contribution in [0.5, 0.6) is 0 Å². The molecule has 1 N–H and O–H groups in total. The molecule has 0 heterocycles. The van der Waals surface area contributed by atoms with Crippen LogP contribution in [0, 0.1) is 11.1 Å². The molecule has 0 fully saturated rings. The van der Waals surface area contributed by atoms with Gasteiger partial charge in [-0.15, -0.1) is 0 Å². The number of amides is 1. The maximum absolute atomic E-state index is 13.3. The van der Waals surface area contributed by atoms with E-state index in [0.717, 1.165) is 14.3 Å². The molecule has 1 atom stereocenters. The zero-order chi connectivity index (χ0) is 20.0. The first kappa shape index (κ1) is 25.3. The number of nitrogens with zero attached hydrogens (tertiary/aromatic N) is 1. The van der Waals surface area contributed by atoms with Crippen LogP contribution in [0.1, 0.15) is 25.8 Å². The minimum Gasteiger partial charge on any atom is -0.759 e. The van der Waals surface area contributed by atoms with Gasteiger partial charge in [-0.3, -0.25) is 4.79 Å². The van der Waals surface area contributed by atoms with Gasteiger partial charge in [-0.25, -0.2) is 8.42 Å². The summed E-state index contributed by atoms with van der Waals surface area (Å²) < 4.78 is 28.5. The van der Waals surface area contributed by atoms with Crippen molar-refractivity contribution in [2.45, 2.75) is 37.8 Å². The van der Waals surface area contributed by atoms with Gasteiger partial charge in [0, 0.05) is 11.0 Å². The van der Waals surface area contributed by atoms with E-state index in [0.29, 0.717) is 0 Å². The van der Waals surface area contributed by atoms with E-state index in [-0.39, 0.29) is 53.3 Å². The monoisotopic (exact) mass is 476 g/mol. The summed E-state index contributed by atoms with van der Waals surface area (Å²) >= 11 is 3.29. The molecule has 28 heavy (non-hydrogen) atoms. The van der Waals surface area contributed by atoms with Gasteiger partial charge in [0.15, 0.2) is 0 Å². The average Bonchev–Trinajstić information content (AvgIpc) is 2.64. The Balaban J connectivity index is 0.00000392. The Hall–Kier alpha value is -0.740. The van der Waals surface area contributed by atoms with Crippen molar-refractivity contribution < 1.29 is 42.8 Å². The van der Waals surface area contributed by atoms with Gasteiger partial charge in [-0.05, 0) is 42.2 Å². The number of hydrogen-bond acceptors (Lipinski definition) is 4. The van der Waals surface area contributed by atoms with Gasteiger partial charge in [-0.2, -0.15) is 4.31 Å². The van der Waals surface area contributed by atoms with E-state index < -0.39 is 22.0 Å². The van der Waals surface area contributed by atoms with Gasteiger partial charge in [-0.1, -0.05) is 60.1 Å². The largest absolute Gasteiger partial charge is 1.00 e. The van der Waals surface area contributed by atoms with Gasteiger partial charge >= 0.3 is 29.6 Å². The fraction of sp³-hybridized carbons (Fsp3) is 0.316. The van der Waals surface area contributed by atoms with Crippen LogP contribution in [0.4, 0.5) is 0 Å². The third-order valence-corrected chi connectivity index (χ3v) is 6.44. The summed E-state index contributed by atoms with van der Waals surface area (Å²) in [6, 6.07) is 14.1. The van der Waals surface area contributed by atoms with E-state index in [2.05, 4.69) is 15.9 Å². The predicted octanol–water partition coefficient (Wildman–Crippen LogP) is 0.673. The molecule has 0 radical (unpaired) electrons. The second-order valence-corrected chi connectivity index (χ2v) is 9.41. The molecule has 1 amide bonds. The molecule has 0 saturated carbocycles. The SMILES string of the molecule is CC(C)CC(C(=O)N[O-])N(Cc1ccccc1)S(=O)(=O)c1ccc(Br)cc1.[Na+]. The molecule has 0 aliphatic heterocycles. The standard InChI is InChI=1S/C19H22BrN2O4S.Na/c1-14(2)12-18(19(23)21-24)22(13-15-6-4-3-5-7-15)27(25,26)17-10-8-16(20)9-11-17;/h3-11,14,18H,12-13H2,1-2H3,(H-,21,23,24);/q-1;+1. The third kappa shape index (κ3) is 6.66. The van der Waals surface area contributed by atoms with Crippen LogP contribution in [0.2, 0.25) is 0 Å². The first-order valence-corrected chi connectivity index (χ1v) is 10.7. The van der Waals surface area contributed by atoms with E-state index >= 15 is 0 Å². The van der Waals surface area contributed by atoms with Crippen LogP contribution in [-0.4, -0.2) is 24.7 Å². The first-order chi connectivity index (χ1) is 12.8. The van der Waals surface area contributed by atoms with E-state index in [9.17, 15) is 18.4 Å². The molecule has 2 aromatic carbocycles. The summed E-state index contributed by atoms with van der Waals surface area (Å²) in [5, 5.41) is 11.1. The molecule has 0 aromatic heterocycles. The third-order valence-electron chi connectivity index (χ3n) is 4.05. The molecule has 0 bridgehead atoms. The maximum Gasteiger partial charge on any atom is 1.00 e. The van der Waals surface area contributed by atoms with Crippen LogP contribution in [0.25, 0.3) is 0 Å². The van der Waals surface area contributed by atoms with Gasteiger partial charge < -0.3 is 10.7 Å². The Kier molecular flexibility index (Phi) is 10.3. The van der Waals surface area contributed by atoms with Crippen LogP contribution in [0.15, 0.2) is 64.0 Å². The Morgan fingerprint density at radius 3 is 2.18 bits per heavy atom. The number of halogens is 1. The number of carbonyl (C=O) groups excluding carboxylic acids is 1. The molecular formula is C19H22BrN2NaO4S. The van der Waals surface area contributed by atoms with Crippen LogP contribution in [0.3, 0.4) is 0 Å². The minimum atomic E-state index is -4.00. The molecule has 0 aliphatic carbocycles. The molecule has 146 valence electrons. The topological polar surface area (TPSA) is 89.5 Å². The zero-order valence-electron chi connectivity index (χ0n) is 16.1. The maximum atomic E-state index is 13.3. The fourth-order valence-electron chi connectivity index (χ4n) is 2.74. The van der Waals surface area contributed by atoms with Gasteiger partial charge in [0.1, 0.15) is 6.04 Å². The summed E-state index contributed by atoms with van der Waals surface area (Å²) in [4.78, 5) is 12.3. The average molecular weight is 477 g/mol. The number of rotatable bonds is 8. The fourth-order valence-corrected chi connectivity index (χ4v) is 4.59. The Labute approximate surface area is 196 Å². The predicted molar refractivity (Wildman–Crippen MR) is 108 cm³/mol. The molecule has 0 aliphatic rings. The Morgan fingerprint density at radius 1 is 1.11 bits per heavy atom. The van der Waals surface area contributed by atoms with Crippen molar-refractivity contribution in [1.82, 2.24) is 9.79 Å². The number of hydroxylamine groups is 1. The smallest absolute Gasteiger partial charge is 0.759 e. The van der Waals surface area contributed by atoms with Crippen molar-refractivity contribution in [2.75, 3.05) is 0 Å².